The van der Waals surface area contributed by atoms with Crippen LogP contribution in [0.2, 0.25) is 10.0 Å². The Kier molecular flexibility index (Phi) is 6.08. The fraction of sp³-hybridized carbons (Fsp3) is 0.115. The van der Waals surface area contributed by atoms with Crippen LogP contribution >= 0.6 is 23.2 Å². The van der Waals surface area contributed by atoms with Crippen LogP contribution in [0, 0.1) is 0 Å². The van der Waals surface area contributed by atoms with Crippen LogP contribution < -0.4 is 5.56 Å². The lowest BCUT2D eigenvalue weighted by Crippen LogP contribution is -2.32. The third-order valence-corrected chi connectivity index (χ3v) is 6.54. The molecule has 0 aliphatic carbocycles. The molecule has 0 N–H and O–H groups in total. The molecule has 3 aromatic heterocycles. The van der Waals surface area contributed by atoms with Gasteiger partial charge < -0.3 is 4.57 Å². The van der Waals surface area contributed by atoms with Gasteiger partial charge in [-0.1, -0.05) is 47.5 Å². The molecule has 0 spiro atoms. The molecule has 0 aliphatic rings. The van der Waals surface area contributed by atoms with E-state index in [-0.39, 0.29) is 32.3 Å². The summed E-state index contributed by atoms with van der Waals surface area (Å²) in [7, 11) is 1.60. The Hall–Kier alpha value is -3.69. The van der Waals surface area contributed by atoms with Crippen LogP contribution in [0.25, 0.3) is 22.2 Å². The number of fused-ring (bicyclic) bond motifs is 1. The minimum atomic E-state index is -5.05. The monoisotopic (exact) mass is 546 g/mol. The van der Waals surface area contributed by atoms with Gasteiger partial charge in [0, 0.05) is 40.3 Å². The van der Waals surface area contributed by atoms with E-state index >= 15 is 4.39 Å². The molecule has 3 heterocycles. The number of benzene rings is 2. The molecule has 5 rings (SSSR count). The molecule has 37 heavy (non-hydrogen) atoms. The van der Waals surface area contributed by atoms with E-state index in [2.05, 4.69) is 9.97 Å². The second-order valence-electron chi connectivity index (χ2n) is 8.36. The maximum atomic E-state index is 17.3. The van der Waals surface area contributed by atoms with Crippen molar-refractivity contribution in [3.63, 3.8) is 0 Å². The molecule has 1 unspecified atom stereocenters. The highest BCUT2D eigenvalue weighted by molar-refractivity contribution is 6.31. The van der Waals surface area contributed by atoms with Crippen LogP contribution in [0.4, 0.5) is 17.6 Å². The van der Waals surface area contributed by atoms with Gasteiger partial charge in [-0.2, -0.15) is 0 Å². The number of aromatic nitrogens is 4. The maximum absolute atomic E-state index is 17.3. The van der Waals surface area contributed by atoms with Crippen molar-refractivity contribution in [3.8, 4) is 11.1 Å². The van der Waals surface area contributed by atoms with Crippen LogP contribution in [0.1, 0.15) is 16.8 Å². The predicted octanol–water partition coefficient (Wildman–Crippen LogP) is 6.84. The van der Waals surface area contributed by atoms with Crippen molar-refractivity contribution in [2.24, 2.45) is 7.05 Å². The summed E-state index contributed by atoms with van der Waals surface area (Å²) in [4.78, 5) is 20.6. The fourth-order valence-corrected chi connectivity index (χ4v) is 4.68. The molecule has 0 aliphatic heterocycles. The van der Waals surface area contributed by atoms with Gasteiger partial charge in [-0.3, -0.25) is 4.79 Å². The Labute approximate surface area is 217 Å². The first kappa shape index (κ1) is 25.0. The highest BCUT2D eigenvalue weighted by Crippen LogP contribution is 2.42. The second kappa shape index (κ2) is 9.00. The zero-order valence-electron chi connectivity index (χ0n) is 19.0. The second-order valence-corrected chi connectivity index (χ2v) is 9.23. The van der Waals surface area contributed by atoms with Crippen LogP contribution in [-0.2, 0) is 19.0 Å². The summed E-state index contributed by atoms with van der Waals surface area (Å²) >= 11 is 12.1. The van der Waals surface area contributed by atoms with Crippen LogP contribution in [0.15, 0.2) is 84.2 Å². The lowest BCUT2D eigenvalue weighted by molar-refractivity contribution is -0.203. The summed E-state index contributed by atoms with van der Waals surface area (Å²) in [6, 6.07) is 14.4. The quantitative estimate of drug-likeness (QED) is 0.232. The number of hydrogen-bond donors (Lipinski definition) is 0. The van der Waals surface area contributed by atoms with Crippen molar-refractivity contribution in [1.29, 1.82) is 0 Å². The minimum absolute atomic E-state index is 0.0680. The summed E-state index contributed by atoms with van der Waals surface area (Å²) < 4.78 is 60.1. The van der Waals surface area contributed by atoms with E-state index in [1.165, 1.54) is 53.5 Å². The van der Waals surface area contributed by atoms with E-state index in [0.29, 0.717) is 15.6 Å². The van der Waals surface area contributed by atoms with Gasteiger partial charge in [0.2, 0.25) is 5.67 Å². The zero-order chi connectivity index (χ0) is 26.5. The molecule has 0 saturated carbocycles. The Balaban J connectivity index is 1.88. The number of nitrogens with zero attached hydrogens (tertiary/aromatic N) is 4. The summed E-state index contributed by atoms with van der Waals surface area (Å²) in [5.74, 6) is 0. The van der Waals surface area contributed by atoms with Gasteiger partial charge in [0.1, 0.15) is 0 Å². The van der Waals surface area contributed by atoms with Gasteiger partial charge >= 0.3 is 6.30 Å². The number of pyridine rings is 2. The van der Waals surface area contributed by atoms with Crippen LogP contribution in [0.3, 0.4) is 0 Å². The smallest absolute Gasteiger partial charge is 0.334 e. The highest BCUT2D eigenvalue weighted by atomic mass is 35.5. The Bertz CT molecular complexity index is 1700. The van der Waals surface area contributed by atoms with Crippen LogP contribution in [0.5, 0.6) is 0 Å². The van der Waals surface area contributed by atoms with Gasteiger partial charge in [-0.05, 0) is 47.0 Å². The van der Waals surface area contributed by atoms with Crippen molar-refractivity contribution >= 4 is 34.2 Å². The van der Waals surface area contributed by atoms with Crippen molar-refractivity contribution in [2.45, 2.75) is 12.0 Å². The topological polar surface area (TPSA) is 52.7 Å². The average molecular weight is 547 g/mol. The van der Waals surface area contributed by atoms with Gasteiger partial charge in [-0.25, -0.2) is 18.9 Å². The molecular weight excluding hydrogens is 531 g/mol. The molecule has 2 aromatic carbocycles. The summed E-state index contributed by atoms with van der Waals surface area (Å²) in [6.45, 7) is 0. The van der Waals surface area contributed by atoms with Crippen LogP contribution in [-0.4, -0.2) is 19.1 Å². The average Bonchev–Trinajstić information content (AvgIpc) is 3.28. The SMILES string of the molecule is Cn1cncc1C(F)(c1ccc(Cl)cc1)c1cnc2c(c1)c(-c1cccc(Cl)c1)cc(=O)n2C(F)(F)F. The molecule has 188 valence electrons. The van der Waals surface area contributed by atoms with Crippen molar-refractivity contribution in [1.82, 2.24) is 19.1 Å². The maximum Gasteiger partial charge on any atom is 0.493 e. The van der Waals surface area contributed by atoms with Crippen molar-refractivity contribution < 1.29 is 17.6 Å². The normalized spacial score (nSPS) is 13.6. The zero-order valence-corrected chi connectivity index (χ0v) is 20.5. The molecule has 0 saturated heterocycles. The number of imidazole rings is 1. The molecule has 5 nitrogen and oxygen atoms in total. The first-order valence-electron chi connectivity index (χ1n) is 10.8. The first-order valence-corrected chi connectivity index (χ1v) is 11.6. The molecule has 0 radical (unpaired) electrons. The molecule has 11 heteroatoms. The fourth-order valence-electron chi connectivity index (χ4n) is 4.36. The van der Waals surface area contributed by atoms with E-state index in [0.717, 1.165) is 12.3 Å². The third kappa shape index (κ3) is 4.28. The summed E-state index contributed by atoms with van der Waals surface area (Å²) in [5, 5.41) is 0.602. The molecule has 0 fully saturated rings. The first-order chi connectivity index (χ1) is 17.5. The molecule has 1 atom stereocenters. The van der Waals surface area contributed by atoms with E-state index in [1.807, 2.05) is 0 Å². The minimum Gasteiger partial charge on any atom is -0.334 e. The largest absolute Gasteiger partial charge is 0.493 e. The Morgan fingerprint density at radius 3 is 2.22 bits per heavy atom. The third-order valence-electron chi connectivity index (χ3n) is 6.06. The Morgan fingerprint density at radius 1 is 0.865 bits per heavy atom. The molecule has 5 aromatic rings. The van der Waals surface area contributed by atoms with Gasteiger partial charge in [0.15, 0.2) is 5.65 Å². The summed E-state index contributed by atoms with van der Waals surface area (Å²) in [6.07, 6.45) is -1.32. The van der Waals surface area contributed by atoms with E-state index in [4.69, 9.17) is 23.2 Å². The number of aryl methyl sites for hydroxylation is 1. The molecular formula is C26H16Cl2F4N4O. The van der Waals surface area contributed by atoms with E-state index in [1.54, 1.807) is 25.2 Å². The Morgan fingerprint density at radius 2 is 1.59 bits per heavy atom. The van der Waals surface area contributed by atoms with Gasteiger partial charge in [-0.15, -0.1) is 13.2 Å². The molecule has 0 bridgehead atoms. The summed E-state index contributed by atoms with van der Waals surface area (Å²) in [5.41, 5.74) is -3.66. The van der Waals surface area contributed by atoms with E-state index < -0.39 is 23.2 Å². The van der Waals surface area contributed by atoms with Gasteiger partial charge in [0.25, 0.3) is 5.56 Å². The lowest BCUT2D eigenvalue weighted by atomic mass is 9.85. The van der Waals surface area contributed by atoms with Crippen molar-refractivity contribution in [3.05, 3.63) is 117 Å². The number of hydrogen-bond acceptors (Lipinski definition) is 3. The molecule has 0 amide bonds. The predicted molar refractivity (Wildman–Crippen MR) is 133 cm³/mol. The number of alkyl halides is 4. The van der Waals surface area contributed by atoms with Gasteiger partial charge in [0.05, 0.1) is 18.2 Å². The van der Waals surface area contributed by atoms with E-state index in [9.17, 15) is 18.0 Å². The number of halogens is 6. The highest BCUT2D eigenvalue weighted by Gasteiger charge is 2.41. The standard InChI is InChI=1S/C26H16Cl2F4N4O/c1-35-14-33-13-22(35)25(29,16-5-7-18(27)8-6-16)17-10-21-20(15-3-2-4-19(28)9-15)11-23(37)36(26(30,31)32)24(21)34-12-17/h2-14H,1H3. The van der Waals surface area contributed by atoms with Crippen molar-refractivity contribution in [2.75, 3.05) is 0 Å². The number of rotatable bonds is 4. The lowest BCUT2D eigenvalue weighted by Gasteiger charge is -2.27.